The van der Waals surface area contributed by atoms with E-state index in [9.17, 15) is 9.46 Å². The minimum absolute atomic E-state index is 0.0706. The molecule has 8 heteroatoms. The van der Waals surface area contributed by atoms with Crippen LogP contribution in [0.25, 0.3) is 0 Å². The van der Waals surface area contributed by atoms with Crippen molar-refractivity contribution in [3.05, 3.63) is 49.0 Å². The molecule has 0 fully saturated rings. The molecule has 52 heavy (non-hydrogen) atoms. The van der Waals surface area contributed by atoms with Crippen molar-refractivity contribution in [3.8, 4) is 0 Å². The van der Waals surface area contributed by atoms with Crippen LogP contribution in [-0.2, 0) is 23.1 Å². The minimum atomic E-state index is -4.43. The third-order valence-corrected chi connectivity index (χ3v) is 10.0. The highest BCUT2D eigenvalue weighted by molar-refractivity contribution is 7.45. The van der Waals surface area contributed by atoms with Gasteiger partial charge in [0, 0.05) is 0 Å². The van der Waals surface area contributed by atoms with Crippen molar-refractivity contribution in [3.63, 3.8) is 0 Å². The molecule has 0 saturated carbocycles. The van der Waals surface area contributed by atoms with Gasteiger partial charge in [-0.25, -0.2) is 0 Å². The second kappa shape index (κ2) is 37.9. The lowest BCUT2D eigenvalue weighted by molar-refractivity contribution is -0.870. The second-order valence-electron chi connectivity index (χ2n) is 15.5. The van der Waals surface area contributed by atoms with E-state index in [2.05, 4.69) is 38.2 Å². The van der Waals surface area contributed by atoms with Gasteiger partial charge in [-0.2, -0.15) is 0 Å². The smallest absolute Gasteiger partial charge is 0.268 e. The average Bonchev–Trinajstić information content (AvgIpc) is 3.10. The number of ether oxygens (including phenoxy) is 2. The summed E-state index contributed by atoms with van der Waals surface area (Å²) in [5.41, 5.74) is 0. The van der Waals surface area contributed by atoms with Crippen molar-refractivity contribution in [2.45, 2.75) is 187 Å². The molecule has 2 atom stereocenters. The number of allylic oxidation sites excluding steroid dienone is 6. The van der Waals surface area contributed by atoms with Crippen molar-refractivity contribution in [2.75, 3.05) is 47.5 Å². The Morgan fingerprint density at radius 1 is 0.519 bits per heavy atom. The van der Waals surface area contributed by atoms with Crippen LogP contribution in [0.2, 0.25) is 0 Å². The van der Waals surface area contributed by atoms with Gasteiger partial charge in [0.2, 0.25) is 0 Å². The van der Waals surface area contributed by atoms with Gasteiger partial charge in [-0.3, -0.25) is 4.57 Å². The summed E-state index contributed by atoms with van der Waals surface area (Å²) in [6.07, 6.45) is 48.9. The summed E-state index contributed by atoms with van der Waals surface area (Å²) >= 11 is 0. The van der Waals surface area contributed by atoms with Crippen molar-refractivity contribution in [1.29, 1.82) is 0 Å². The molecule has 0 aromatic heterocycles. The summed E-state index contributed by atoms with van der Waals surface area (Å²) in [7, 11) is 1.51. The summed E-state index contributed by atoms with van der Waals surface area (Å²) < 4.78 is 34.8. The van der Waals surface area contributed by atoms with Gasteiger partial charge in [0.05, 0.1) is 40.3 Å². The molecule has 0 rings (SSSR count). The van der Waals surface area contributed by atoms with Gasteiger partial charge in [0.1, 0.15) is 19.8 Å². The van der Waals surface area contributed by atoms with Crippen LogP contribution in [0.15, 0.2) is 49.0 Å². The number of hydrogen-bond acceptors (Lipinski definition) is 6. The molecule has 0 amide bonds. The molecule has 0 bridgehead atoms. The summed E-state index contributed by atoms with van der Waals surface area (Å²) in [6.45, 7) is 5.18. The lowest BCUT2D eigenvalue weighted by Gasteiger charge is -2.28. The van der Waals surface area contributed by atoms with E-state index in [1.54, 1.807) is 12.5 Å². The lowest BCUT2D eigenvalue weighted by Crippen LogP contribution is -2.37. The largest absolute Gasteiger partial charge is 0.756 e. The minimum Gasteiger partial charge on any atom is -0.756 e. The fourth-order valence-electron chi connectivity index (χ4n) is 5.61. The highest BCUT2D eigenvalue weighted by atomic mass is 31.2. The van der Waals surface area contributed by atoms with E-state index < -0.39 is 13.9 Å². The normalized spacial score (nSPS) is 14.3. The standard InChI is InChI=1S/C44H84NO6P/c1-6-8-10-12-14-16-18-20-22-24-26-28-30-32-34-36-39-48-42-44(43-51-52(46,47)50-41-38-45(3,4)5)49-40-37-35-33-31-29-27-25-23-21-19-17-15-13-11-9-7-2/h17,19-20,22,36-37,39-40,44H,6-16,18,21,23-35,38,41-43H2,1-5H3/b19-17-,22-20-,39-36-,40-37-/t44-/m1/s1. The molecular formula is C44H84NO6P. The van der Waals surface area contributed by atoms with Crippen molar-refractivity contribution in [1.82, 2.24) is 0 Å². The number of nitrogens with zero attached hydrogens (tertiary/aromatic N) is 1. The SMILES string of the molecule is CCCCCC/C=C\CCCCCCCC/C=C\O[C@H](CO/C=C\CCCCCC/C=C\CCCCCCCC)COP(=O)([O-])OCC[N+](C)(C)C. The van der Waals surface area contributed by atoms with Crippen molar-refractivity contribution < 1.29 is 32.5 Å². The number of phosphoric acid groups is 1. The number of unbranched alkanes of at least 4 members (excludes halogenated alkanes) is 22. The molecule has 0 aliphatic heterocycles. The molecule has 0 aromatic rings. The Morgan fingerprint density at radius 3 is 1.35 bits per heavy atom. The van der Waals surface area contributed by atoms with E-state index in [0.29, 0.717) is 11.0 Å². The maximum Gasteiger partial charge on any atom is 0.268 e. The van der Waals surface area contributed by atoms with Gasteiger partial charge < -0.3 is 27.9 Å². The summed E-state index contributed by atoms with van der Waals surface area (Å²) in [5.74, 6) is 0. The van der Waals surface area contributed by atoms with Gasteiger partial charge in [0.25, 0.3) is 7.82 Å². The molecule has 0 saturated heterocycles. The zero-order chi connectivity index (χ0) is 38.3. The Balaban J connectivity index is 4.26. The predicted molar refractivity (Wildman–Crippen MR) is 221 cm³/mol. The van der Waals surface area contributed by atoms with Gasteiger partial charge in [0.15, 0.2) is 6.10 Å². The predicted octanol–water partition coefficient (Wildman–Crippen LogP) is 12.9. The van der Waals surface area contributed by atoms with E-state index >= 15 is 0 Å². The highest BCUT2D eigenvalue weighted by Gasteiger charge is 2.17. The summed E-state index contributed by atoms with van der Waals surface area (Å²) in [6, 6.07) is 0. The van der Waals surface area contributed by atoms with Crippen LogP contribution in [0.4, 0.5) is 0 Å². The van der Waals surface area contributed by atoms with E-state index in [4.69, 9.17) is 18.5 Å². The average molecular weight is 754 g/mol. The molecule has 7 nitrogen and oxygen atoms in total. The molecular weight excluding hydrogens is 669 g/mol. The van der Waals surface area contributed by atoms with Crippen LogP contribution >= 0.6 is 7.82 Å². The molecule has 0 spiro atoms. The van der Waals surface area contributed by atoms with E-state index in [1.807, 2.05) is 33.3 Å². The first kappa shape index (κ1) is 50.6. The summed E-state index contributed by atoms with van der Waals surface area (Å²) in [5, 5.41) is 0. The fraction of sp³-hybridized carbons (Fsp3) is 0.818. The van der Waals surface area contributed by atoms with Crippen LogP contribution < -0.4 is 4.89 Å². The zero-order valence-corrected chi connectivity index (χ0v) is 35.6. The number of hydrogen-bond donors (Lipinski definition) is 0. The number of rotatable bonds is 40. The Labute approximate surface area is 322 Å². The first-order valence-corrected chi connectivity index (χ1v) is 22.9. The van der Waals surface area contributed by atoms with Crippen LogP contribution in [0.5, 0.6) is 0 Å². The Bertz CT molecular complexity index is 913. The van der Waals surface area contributed by atoms with E-state index in [0.717, 1.165) is 25.7 Å². The van der Waals surface area contributed by atoms with E-state index in [1.165, 1.54) is 141 Å². The fourth-order valence-corrected chi connectivity index (χ4v) is 6.34. The zero-order valence-electron chi connectivity index (χ0n) is 34.8. The highest BCUT2D eigenvalue weighted by Crippen LogP contribution is 2.38. The number of phosphoric ester groups is 1. The van der Waals surface area contributed by atoms with Crippen LogP contribution in [0.3, 0.4) is 0 Å². The van der Waals surface area contributed by atoms with Crippen molar-refractivity contribution in [2.24, 2.45) is 0 Å². The Hall–Kier alpha value is -1.37. The molecule has 1 unspecified atom stereocenters. The monoisotopic (exact) mass is 754 g/mol. The molecule has 306 valence electrons. The molecule has 0 heterocycles. The van der Waals surface area contributed by atoms with Crippen LogP contribution in [0.1, 0.15) is 181 Å². The van der Waals surface area contributed by atoms with E-state index in [-0.39, 0.29) is 19.8 Å². The molecule has 0 aromatic carbocycles. The first-order valence-electron chi connectivity index (χ1n) is 21.5. The lowest BCUT2D eigenvalue weighted by atomic mass is 10.1. The number of likely N-dealkylation sites (N-methyl/N-ethyl adjacent to an activating group) is 1. The van der Waals surface area contributed by atoms with Gasteiger partial charge in [-0.15, -0.1) is 0 Å². The quantitative estimate of drug-likeness (QED) is 0.0204. The first-order chi connectivity index (χ1) is 25.2. The number of quaternary nitrogens is 1. The molecule has 0 N–H and O–H groups in total. The molecule has 0 radical (unpaired) electrons. The van der Waals surface area contributed by atoms with Crippen LogP contribution in [0, 0.1) is 0 Å². The maximum atomic E-state index is 12.3. The van der Waals surface area contributed by atoms with Gasteiger partial charge in [-0.1, -0.05) is 128 Å². The maximum absolute atomic E-state index is 12.3. The Morgan fingerprint density at radius 2 is 0.904 bits per heavy atom. The summed E-state index contributed by atoms with van der Waals surface area (Å²) in [4.78, 5) is 12.3. The van der Waals surface area contributed by atoms with Crippen LogP contribution in [-0.4, -0.2) is 58.1 Å². The third kappa shape index (κ3) is 41.4. The van der Waals surface area contributed by atoms with Gasteiger partial charge in [-0.05, 0) is 89.2 Å². The molecule has 0 aliphatic carbocycles. The second-order valence-corrected chi connectivity index (χ2v) is 16.9. The molecule has 0 aliphatic rings. The topological polar surface area (TPSA) is 77.1 Å². The third-order valence-electron chi connectivity index (χ3n) is 9.04. The Kier molecular flexibility index (Phi) is 36.9. The van der Waals surface area contributed by atoms with Crippen molar-refractivity contribution >= 4 is 7.82 Å². The van der Waals surface area contributed by atoms with Gasteiger partial charge >= 0.3 is 0 Å².